The number of alkyl halides is 3. The van der Waals surface area contributed by atoms with Crippen LogP contribution in [0.3, 0.4) is 0 Å². The summed E-state index contributed by atoms with van der Waals surface area (Å²) in [6.07, 6.45) is -4.73. The third kappa shape index (κ3) is 4.48. The van der Waals surface area contributed by atoms with Gasteiger partial charge < -0.3 is 15.6 Å². The van der Waals surface area contributed by atoms with Crippen molar-refractivity contribution in [2.75, 3.05) is 32.5 Å². The topological polar surface area (TPSA) is 92.9 Å². The first-order valence-corrected chi connectivity index (χ1v) is 7.17. The number of anilines is 1. The largest absolute Gasteiger partial charge is 0.495 e. The highest BCUT2D eigenvalue weighted by Gasteiger charge is 2.37. The smallest absolute Gasteiger partial charge is 0.402 e. The van der Waals surface area contributed by atoms with Crippen molar-refractivity contribution in [2.24, 2.45) is 0 Å². The molecule has 1 aromatic carbocycles. The van der Waals surface area contributed by atoms with Crippen LogP contribution in [-0.2, 0) is 10.0 Å². The molecule has 0 aliphatic carbocycles. The van der Waals surface area contributed by atoms with Crippen LogP contribution in [-0.4, -0.2) is 50.8 Å². The molecule has 0 saturated heterocycles. The number of ether oxygens (including phenoxy) is 1. The molecule has 0 bridgehead atoms. The number of nitrogen functional groups attached to an aromatic ring is 1. The molecule has 21 heavy (non-hydrogen) atoms. The molecule has 0 saturated carbocycles. The Morgan fingerprint density at radius 2 is 2.00 bits per heavy atom. The highest BCUT2D eigenvalue weighted by molar-refractivity contribution is 7.89. The summed E-state index contributed by atoms with van der Waals surface area (Å²) in [5.74, 6) is -0.167. The lowest BCUT2D eigenvalue weighted by Crippen LogP contribution is -2.40. The summed E-state index contributed by atoms with van der Waals surface area (Å²) in [5, 5.41) is 8.79. The van der Waals surface area contributed by atoms with Crippen LogP contribution in [0.25, 0.3) is 0 Å². The van der Waals surface area contributed by atoms with E-state index < -0.39 is 40.8 Å². The molecule has 1 rings (SSSR count). The summed E-state index contributed by atoms with van der Waals surface area (Å²) in [4.78, 5) is -0.447. The second kappa shape index (κ2) is 6.50. The van der Waals surface area contributed by atoms with Crippen LogP contribution < -0.4 is 10.5 Å². The molecule has 0 heterocycles. The molecule has 0 aliphatic rings. The highest BCUT2D eigenvalue weighted by Crippen LogP contribution is 2.30. The van der Waals surface area contributed by atoms with Crippen LogP contribution in [0.5, 0.6) is 5.75 Å². The van der Waals surface area contributed by atoms with Crippen LogP contribution in [0.1, 0.15) is 0 Å². The van der Waals surface area contributed by atoms with Gasteiger partial charge in [0.15, 0.2) is 0 Å². The SMILES string of the molecule is COc1cc(N)ccc1S(=O)(=O)N(CCO)CC(F)(F)F. The first-order chi connectivity index (χ1) is 9.61. The molecule has 120 valence electrons. The summed E-state index contributed by atoms with van der Waals surface area (Å²) in [6, 6.07) is 3.49. The molecule has 0 spiro atoms. The van der Waals surface area contributed by atoms with Gasteiger partial charge in [-0.15, -0.1) is 0 Å². The molecule has 10 heteroatoms. The van der Waals surface area contributed by atoms with E-state index >= 15 is 0 Å². The Balaban J connectivity index is 3.29. The third-order valence-electron chi connectivity index (χ3n) is 2.51. The number of methoxy groups -OCH3 is 1. The molecule has 0 radical (unpaired) electrons. The van der Waals surface area contributed by atoms with Gasteiger partial charge in [0, 0.05) is 18.3 Å². The van der Waals surface area contributed by atoms with Gasteiger partial charge in [-0.1, -0.05) is 0 Å². The normalized spacial score (nSPS) is 12.7. The predicted octanol–water partition coefficient (Wildman–Crippen LogP) is 0.823. The monoisotopic (exact) mass is 328 g/mol. The maximum Gasteiger partial charge on any atom is 0.402 e. The number of hydrogen-bond donors (Lipinski definition) is 2. The van der Waals surface area contributed by atoms with E-state index in [0.29, 0.717) is 0 Å². The maximum atomic E-state index is 12.5. The van der Waals surface area contributed by atoms with E-state index in [1.165, 1.54) is 19.2 Å². The maximum absolute atomic E-state index is 12.5. The molecule has 3 N–H and O–H groups in total. The lowest BCUT2D eigenvalue weighted by atomic mass is 10.3. The molecule has 0 unspecified atom stereocenters. The zero-order chi connectivity index (χ0) is 16.3. The Morgan fingerprint density at radius 1 is 1.38 bits per heavy atom. The van der Waals surface area contributed by atoms with Crippen molar-refractivity contribution in [3.8, 4) is 5.75 Å². The Morgan fingerprint density at radius 3 is 2.48 bits per heavy atom. The summed E-state index contributed by atoms with van der Waals surface area (Å²) in [5.41, 5.74) is 5.68. The van der Waals surface area contributed by atoms with E-state index in [2.05, 4.69) is 0 Å². The van der Waals surface area contributed by atoms with Crippen molar-refractivity contribution in [1.29, 1.82) is 0 Å². The van der Waals surface area contributed by atoms with Crippen molar-refractivity contribution in [1.82, 2.24) is 4.31 Å². The molecular formula is C11H15F3N2O4S. The number of rotatable bonds is 6. The van der Waals surface area contributed by atoms with Crippen molar-refractivity contribution < 1.29 is 31.4 Å². The van der Waals surface area contributed by atoms with Crippen LogP contribution in [0.2, 0.25) is 0 Å². The number of nitrogens with zero attached hydrogens (tertiary/aromatic N) is 1. The lowest BCUT2D eigenvalue weighted by Gasteiger charge is -2.23. The summed E-state index contributed by atoms with van der Waals surface area (Å²) >= 11 is 0. The number of nitrogens with two attached hydrogens (primary N) is 1. The average molecular weight is 328 g/mol. The molecule has 0 aromatic heterocycles. The van der Waals surface area contributed by atoms with E-state index in [4.69, 9.17) is 15.6 Å². The molecular weight excluding hydrogens is 313 g/mol. The fraction of sp³-hybridized carbons (Fsp3) is 0.455. The Labute approximate surface area is 120 Å². The Kier molecular flexibility index (Phi) is 5.42. The van der Waals surface area contributed by atoms with Gasteiger partial charge in [-0.2, -0.15) is 17.5 Å². The van der Waals surface area contributed by atoms with E-state index in [1.807, 2.05) is 0 Å². The molecule has 0 fully saturated rings. The third-order valence-corrected chi connectivity index (χ3v) is 4.40. The Bertz CT molecular complexity index is 590. The second-order valence-corrected chi connectivity index (χ2v) is 5.99. The minimum absolute atomic E-state index is 0.140. The van der Waals surface area contributed by atoms with E-state index in [0.717, 1.165) is 6.07 Å². The minimum Gasteiger partial charge on any atom is -0.495 e. The summed E-state index contributed by atoms with van der Waals surface area (Å²) in [6.45, 7) is -3.13. The molecule has 0 atom stereocenters. The van der Waals surface area contributed by atoms with Crippen LogP contribution in [0, 0.1) is 0 Å². The fourth-order valence-electron chi connectivity index (χ4n) is 1.63. The van der Waals surface area contributed by atoms with Gasteiger partial charge >= 0.3 is 6.18 Å². The zero-order valence-electron chi connectivity index (χ0n) is 11.1. The van der Waals surface area contributed by atoms with Gasteiger partial charge in [0.2, 0.25) is 10.0 Å². The zero-order valence-corrected chi connectivity index (χ0v) is 11.9. The highest BCUT2D eigenvalue weighted by atomic mass is 32.2. The van der Waals surface area contributed by atoms with E-state index in [9.17, 15) is 21.6 Å². The van der Waals surface area contributed by atoms with Gasteiger partial charge in [-0.25, -0.2) is 8.42 Å². The van der Waals surface area contributed by atoms with Crippen molar-refractivity contribution in [2.45, 2.75) is 11.1 Å². The second-order valence-electron chi connectivity index (χ2n) is 4.09. The predicted molar refractivity (Wildman–Crippen MR) is 69.3 cm³/mol. The number of benzene rings is 1. The molecule has 6 nitrogen and oxygen atoms in total. The van der Waals surface area contributed by atoms with E-state index in [-0.39, 0.29) is 15.7 Å². The standard InChI is InChI=1S/C11H15F3N2O4S/c1-20-9-6-8(15)2-3-10(9)21(18,19)16(4-5-17)7-11(12,13)14/h2-3,6,17H,4-5,7,15H2,1H3. The first-order valence-electron chi connectivity index (χ1n) is 5.73. The fourth-order valence-corrected chi connectivity index (χ4v) is 3.19. The molecule has 1 aromatic rings. The van der Waals surface area contributed by atoms with Crippen LogP contribution >= 0.6 is 0 Å². The van der Waals surface area contributed by atoms with E-state index in [1.54, 1.807) is 0 Å². The van der Waals surface area contributed by atoms with Gasteiger partial charge in [0.1, 0.15) is 17.2 Å². The summed E-state index contributed by atoms with van der Waals surface area (Å²) < 4.78 is 67.0. The average Bonchev–Trinajstić information content (AvgIpc) is 2.36. The lowest BCUT2D eigenvalue weighted by molar-refractivity contribution is -0.136. The minimum atomic E-state index is -4.73. The molecule has 0 amide bonds. The number of halogens is 3. The van der Waals surface area contributed by atoms with Crippen molar-refractivity contribution in [3.63, 3.8) is 0 Å². The number of aliphatic hydroxyl groups excluding tert-OH is 1. The molecule has 0 aliphatic heterocycles. The first kappa shape index (κ1) is 17.5. The van der Waals surface area contributed by atoms with Gasteiger partial charge in [0.25, 0.3) is 0 Å². The van der Waals surface area contributed by atoms with Gasteiger partial charge in [-0.3, -0.25) is 0 Å². The van der Waals surface area contributed by atoms with Gasteiger partial charge in [0.05, 0.1) is 13.7 Å². The van der Waals surface area contributed by atoms with Crippen molar-refractivity contribution in [3.05, 3.63) is 18.2 Å². The number of hydrogen-bond acceptors (Lipinski definition) is 5. The Hall–Kier alpha value is -1.52. The number of sulfonamides is 1. The van der Waals surface area contributed by atoms with Crippen molar-refractivity contribution >= 4 is 15.7 Å². The quantitative estimate of drug-likeness (QED) is 0.754. The van der Waals surface area contributed by atoms with Crippen LogP contribution in [0.4, 0.5) is 18.9 Å². The number of aliphatic hydroxyl groups is 1. The van der Waals surface area contributed by atoms with Gasteiger partial charge in [-0.05, 0) is 12.1 Å². The summed E-state index contributed by atoms with van der Waals surface area (Å²) in [7, 11) is -3.31. The van der Waals surface area contributed by atoms with Crippen LogP contribution in [0.15, 0.2) is 23.1 Å².